The molecular weight excluding hydrogens is 126 g/mol. The predicted molar refractivity (Wildman–Crippen MR) is 42.1 cm³/mol. The Hall–Kier alpha value is -0.0800. The van der Waals surface area contributed by atoms with Crippen molar-refractivity contribution in [1.82, 2.24) is 5.32 Å². The van der Waals surface area contributed by atoms with E-state index in [4.69, 9.17) is 4.74 Å². The van der Waals surface area contributed by atoms with Gasteiger partial charge in [0.25, 0.3) is 0 Å². The van der Waals surface area contributed by atoms with Gasteiger partial charge in [0, 0.05) is 12.6 Å². The Balaban J connectivity index is 2.02. The molecule has 0 radical (unpaired) electrons. The summed E-state index contributed by atoms with van der Waals surface area (Å²) in [6.07, 6.45) is 3.99. The lowest BCUT2D eigenvalue weighted by Crippen LogP contribution is -2.37. The highest BCUT2D eigenvalue weighted by Gasteiger charge is 2.11. The van der Waals surface area contributed by atoms with Crippen molar-refractivity contribution in [2.75, 3.05) is 19.8 Å². The highest BCUT2D eigenvalue weighted by Crippen LogP contribution is 2.06. The number of hydrogen-bond acceptors (Lipinski definition) is 2. The monoisotopic (exact) mass is 143 g/mol. The van der Waals surface area contributed by atoms with Crippen molar-refractivity contribution in [1.29, 1.82) is 0 Å². The lowest BCUT2D eigenvalue weighted by atomic mass is 10.1. The van der Waals surface area contributed by atoms with Crippen LogP contribution < -0.4 is 5.32 Å². The number of nitrogens with one attached hydrogen (secondary N) is 1. The molecular formula is C8H17NO. The maximum absolute atomic E-state index is 5.31. The minimum absolute atomic E-state index is 0.633. The van der Waals surface area contributed by atoms with Crippen LogP contribution in [0.1, 0.15) is 26.2 Å². The maximum atomic E-state index is 5.31. The fourth-order valence-electron chi connectivity index (χ4n) is 1.33. The number of rotatable bonds is 3. The molecule has 1 N–H and O–H groups in total. The number of piperidine rings is 1. The molecule has 1 aliphatic rings. The topological polar surface area (TPSA) is 21.3 Å². The smallest absolute Gasteiger partial charge is 0.0619 e. The first-order valence-electron chi connectivity index (χ1n) is 4.24. The average Bonchev–Trinajstić information content (AvgIpc) is 2.03. The van der Waals surface area contributed by atoms with E-state index in [1.807, 2.05) is 6.92 Å². The molecule has 1 aliphatic heterocycles. The molecule has 0 bridgehead atoms. The molecule has 1 fully saturated rings. The Bertz CT molecular complexity index is 79.3. The molecule has 0 unspecified atom stereocenters. The Labute approximate surface area is 63.0 Å². The van der Waals surface area contributed by atoms with Crippen molar-refractivity contribution >= 4 is 0 Å². The molecule has 0 saturated carbocycles. The van der Waals surface area contributed by atoms with Crippen LogP contribution in [0.2, 0.25) is 0 Å². The second-order valence-electron chi connectivity index (χ2n) is 2.81. The largest absolute Gasteiger partial charge is 0.380 e. The van der Waals surface area contributed by atoms with Gasteiger partial charge in [0.15, 0.2) is 0 Å². The van der Waals surface area contributed by atoms with Crippen molar-refractivity contribution < 1.29 is 4.74 Å². The molecule has 2 nitrogen and oxygen atoms in total. The van der Waals surface area contributed by atoms with E-state index in [0.717, 1.165) is 13.2 Å². The van der Waals surface area contributed by atoms with Gasteiger partial charge in [-0.15, -0.1) is 0 Å². The van der Waals surface area contributed by atoms with Gasteiger partial charge in [0.1, 0.15) is 0 Å². The molecule has 10 heavy (non-hydrogen) atoms. The summed E-state index contributed by atoms with van der Waals surface area (Å²) in [4.78, 5) is 0. The van der Waals surface area contributed by atoms with E-state index >= 15 is 0 Å². The summed E-state index contributed by atoms with van der Waals surface area (Å²) in [5.41, 5.74) is 0. The third-order valence-electron chi connectivity index (χ3n) is 1.94. The van der Waals surface area contributed by atoms with E-state index in [-0.39, 0.29) is 0 Å². The standard InChI is InChI=1S/C8H17NO/c1-2-10-7-8-5-3-4-6-9-8/h8-9H,2-7H2,1H3/t8-/m0/s1. The molecule has 1 rings (SSSR count). The SMILES string of the molecule is CCOC[C@@H]1CCCCN1. The van der Waals surface area contributed by atoms with Gasteiger partial charge in [0.05, 0.1) is 6.61 Å². The average molecular weight is 143 g/mol. The zero-order valence-corrected chi connectivity index (χ0v) is 6.73. The van der Waals surface area contributed by atoms with Gasteiger partial charge in [-0.1, -0.05) is 6.42 Å². The third kappa shape index (κ3) is 2.67. The Kier molecular flexibility index (Phi) is 3.76. The van der Waals surface area contributed by atoms with Gasteiger partial charge in [0.2, 0.25) is 0 Å². The molecule has 1 atom stereocenters. The van der Waals surface area contributed by atoms with Crippen LogP contribution in [-0.4, -0.2) is 25.8 Å². The summed E-state index contributed by atoms with van der Waals surface area (Å²) in [6.45, 7) is 4.97. The normalized spacial score (nSPS) is 26.7. The summed E-state index contributed by atoms with van der Waals surface area (Å²) in [6, 6.07) is 0.633. The van der Waals surface area contributed by atoms with Gasteiger partial charge in [-0.25, -0.2) is 0 Å². The van der Waals surface area contributed by atoms with Gasteiger partial charge in [-0.3, -0.25) is 0 Å². The van der Waals surface area contributed by atoms with E-state index in [2.05, 4.69) is 5.32 Å². The third-order valence-corrected chi connectivity index (χ3v) is 1.94. The molecule has 0 aliphatic carbocycles. The summed E-state index contributed by atoms with van der Waals surface area (Å²) in [5, 5.41) is 3.43. The Morgan fingerprint density at radius 1 is 1.50 bits per heavy atom. The molecule has 0 aromatic carbocycles. The van der Waals surface area contributed by atoms with Crippen molar-refractivity contribution in [2.24, 2.45) is 0 Å². The van der Waals surface area contributed by atoms with Crippen LogP contribution in [0.3, 0.4) is 0 Å². The van der Waals surface area contributed by atoms with Crippen molar-refractivity contribution in [3.63, 3.8) is 0 Å². The van der Waals surface area contributed by atoms with E-state index in [0.29, 0.717) is 6.04 Å². The van der Waals surface area contributed by atoms with Gasteiger partial charge >= 0.3 is 0 Å². The Morgan fingerprint density at radius 3 is 3.00 bits per heavy atom. The second-order valence-corrected chi connectivity index (χ2v) is 2.81. The first-order valence-corrected chi connectivity index (χ1v) is 4.24. The fourth-order valence-corrected chi connectivity index (χ4v) is 1.33. The van der Waals surface area contributed by atoms with Crippen molar-refractivity contribution in [2.45, 2.75) is 32.2 Å². The van der Waals surface area contributed by atoms with Crippen molar-refractivity contribution in [3.05, 3.63) is 0 Å². The van der Waals surface area contributed by atoms with Gasteiger partial charge < -0.3 is 10.1 Å². The zero-order valence-electron chi connectivity index (χ0n) is 6.73. The van der Waals surface area contributed by atoms with E-state index in [1.165, 1.54) is 25.8 Å². The lowest BCUT2D eigenvalue weighted by molar-refractivity contribution is 0.114. The van der Waals surface area contributed by atoms with E-state index in [1.54, 1.807) is 0 Å². The summed E-state index contributed by atoms with van der Waals surface area (Å²) in [5.74, 6) is 0. The molecule has 0 aromatic rings. The van der Waals surface area contributed by atoms with Crippen molar-refractivity contribution in [3.8, 4) is 0 Å². The second kappa shape index (κ2) is 4.69. The first-order chi connectivity index (χ1) is 4.93. The van der Waals surface area contributed by atoms with Gasteiger partial charge in [-0.2, -0.15) is 0 Å². The summed E-state index contributed by atoms with van der Waals surface area (Å²) >= 11 is 0. The molecule has 0 aromatic heterocycles. The molecule has 1 heterocycles. The first kappa shape index (κ1) is 8.02. The minimum atomic E-state index is 0.633. The Morgan fingerprint density at radius 2 is 2.40 bits per heavy atom. The fraction of sp³-hybridized carbons (Fsp3) is 1.00. The lowest BCUT2D eigenvalue weighted by Gasteiger charge is -2.22. The van der Waals surface area contributed by atoms with Crippen LogP contribution in [-0.2, 0) is 4.74 Å². The molecule has 0 spiro atoms. The molecule has 0 amide bonds. The van der Waals surface area contributed by atoms with E-state index in [9.17, 15) is 0 Å². The number of hydrogen-bond donors (Lipinski definition) is 1. The predicted octanol–water partition coefficient (Wildman–Crippen LogP) is 1.17. The highest BCUT2D eigenvalue weighted by atomic mass is 16.5. The van der Waals surface area contributed by atoms with Crippen LogP contribution in [0.25, 0.3) is 0 Å². The van der Waals surface area contributed by atoms with Crippen LogP contribution in [0, 0.1) is 0 Å². The van der Waals surface area contributed by atoms with Crippen LogP contribution >= 0.6 is 0 Å². The molecule has 1 saturated heterocycles. The summed E-state index contributed by atoms with van der Waals surface area (Å²) in [7, 11) is 0. The highest BCUT2D eigenvalue weighted by molar-refractivity contribution is 4.70. The maximum Gasteiger partial charge on any atom is 0.0619 e. The zero-order chi connectivity index (χ0) is 7.23. The van der Waals surface area contributed by atoms with Crippen LogP contribution in [0.4, 0.5) is 0 Å². The molecule has 60 valence electrons. The van der Waals surface area contributed by atoms with Gasteiger partial charge in [-0.05, 0) is 26.3 Å². The van der Waals surface area contributed by atoms with E-state index < -0.39 is 0 Å². The minimum Gasteiger partial charge on any atom is -0.380 e. The quantitative estimate of drug-likeness (QED) is 0.640. The summed E-state index contributed by atoms with van der Waals surface area (Å²) < 4.78 is 5.31. The number of ether oxygens (including phenoxy) is 1. The van der Waals surface area contributed by atoms with Crippen LogP contribution in [0.5, 0.6) is 0 Å². The van der Waals surface area contributed by atoms with Crippen LogP contribution in [0.15, 0.2) is 0 Å². The molecule has 2 heteroatoms.